The SMILES string of the molecule is CC(NC(=O)C(C)(C)C)C(=O)Nc1ccccc1. The molecule has 0 heterocycles. The molecule has 1 unspecified atom stereocenters. The van der Waals surface area contributed by atoms with Gasteiger partial charge in [-0.1, -0.05) is 39.0 Å². The fraction of sp³-hybridized carbons (Fsp3) is 0.429. The van der Waals surface area contributed by atoms with Gasteiger partial charge in [0.05, 0.1) is 0 Å². The highest BCUT2D eigenvalue weighted by atomic mass is 16.2. The Morgan fingerprint density at radius 2 is 1.67 bits per heavy atom. The summed E-state index contributed by atoms with van der Waals surface area (Å²) in [5, 5.41) is 5.43. The lowest BCUT2D eigenvalue weighted by Gasteiger charge is -2.21. The van der Waals surface area contributed by atoms with Crippen LogP contribution in [0.4, 0.5) is 5.69 Å². The van der Waals surface area contributed by atoms with Crippen LogP contribution >= 0.6 is 0 Å². The summed E-state index contributed by atoms with van der Waals surface area (Å²) in [6.07, 6.45) is 0. The number of para-hydroxylation sites is 1. The maximum Gasteiger partial charge on any atom is 0.246 e. The summed E-state index contributed by atoms with van der Waals surface area (Å²) in [5.74, 6) is -0.364. The van der Waals surface area contributed by atoms with Crippen LogP contribution in [0.3, 0.4) is 0 Å². The summed E-state index contributed by atoms with van der Waals surface area (Å²) >= 11 is 0. The first-order chi connectivity index (χ1) is 8.30. The molecular formula is C14H20N2O2. The first-order valence-corrected chi connectivity index (χ1v) is 5.97. The van der Waals surface area contributed by atoms with E-state index < -0.39 is 11.5 Å². The molecule has 1 aromatic carbocycles. The van der Waals surface area contributed by atoms with E-state index in [0.29, 0.717) is 0 Å². The number of amides is 2. The van der Waals surface area contributed by atoms with Crippen LogP contribution in [0, 0.1) is 5.41 Å². The highest BCUT2D eigenvalue weighted by Gasteiger charge is 2.24. The van der Waals surface area contributed by atoms with Crippen molar-refractivity contribution in [1.82, 2.24) is 5.32 Å². The smallest absolute Gasteiger partial charge is 0.246 e. The Labute approximate surface area is 108 Å². The molecule has 0 radical (unpaired) electrons. The van der Waals surface area contributed by atoms with Gasteiger partial charge in [0, 0.05) is 11.1 Å². The number of benzene rings is 1. The molecule has 1 rings (SSSR count). The summed E-state index contributed by atoms with van der Waals surface area (Å²) in [6.45, 7) is 7.10. The molecule has 2 N–H and O–H groups in total. The molecule has 4 heteroatoms. The second-order valence-corrected chi connectivity index (χ2v) is 5.30. The highest BCUT2D eigenvalue weighted by Crippen LogP contribution is 2.13. The molecule has 18 heavy (non-hydrogen) atoms. The molecule has 0 aliphatic heterocycles. The van der Waals surface area contributed by atoms with Crippen LogP contribution in [-0.4, -0.2) is 17.9 Å². The highest BCUT2D eigenvalue weighted by molar-refractivity contribution is 5.97. The third kappa shape index (κ3) is 4.20. The Hall–Kier alpha value is -1.84. The number of hydrogen-bond acceptors (Lipinski definition) is 2. The van der Waals surface area contributed by atoms with Crippen molar-refractivity contribution in [3.8, 4) is 0 Å². The van der Waals surface area contributed by atoms with Crippen molar-refractivity contribution in [2.75, 3.05) is 5.32 Å². The van der Waals surface area contributed by atoms with Crippen molar-refractivity contribution >= 4 is 17.5 Å². The monoisotopic (exact) mass is 248 g/mol. The predicted octanol–water partition coefficient (Wildman–Crippen LogP) is 2.18. The standard InChI is InChI=1S/C14H20N2O2/c1-10(15-13(18)14(2,3)4)12(17)16-11-8-6-5-7-9-11/h5-10H,1-4H3,(H,15,18)(H,16,17). The largest absolute Gasteiger partial charge is 0.344 e. The molecule has 0 saturated carbocycles. The molecule has 0 aliphatic rings. The van der Waals surface area contributed by atoms with Crippen molar-refractivity contribution in [1.29, 1.82) is 0 Å². The van der Waals surface area contributed by atoms with Crippen LogP contribution in [0.1, 0.15) is 27.7 Å². The van der Waals surface area contributed by atoms with Gasteiger partial charge in [-0.05, 0) is 19.1 Å². The van der Waals surface area contributed by atoms with Gasteiger partial charge >= 0.3 is 0 Å². The van der Waals surface area contributed by atoms with E-state index in [1.165, 1.54) is 0 Å². The zero-order chi connectivity index (χ0) is 13.8. The van der Waals surface area contributed by atoms with Gasteiger partial charge in [0.1, 0.15) is 6.04 Å². The van der Waals surface area contributed by atoms with Gasteiger partial charge in [-0.25, -0.2) is 0 Å². The summed E-state index contributed by atoms with van der Waals surface area (Å²) in [6, 6.07) is 8.60. The third-order valence-corrected chi connectivity index (χ3v) is 2.46. The Kier molecular flexibility index (Phi) is 4.48. The van der Waals surface area contributed by atoms with Gasteiger partial charge in [0.15, 0.2) is 0 Å². The van der Waals surface area contributed by atoms with E-state index in [1.807, 2.05) is 39.0 Å². The lowest BCUT2D eigenvalue weighted by molar-refractivity contribution is -0.131. The number of nitrogens with one attached hydrogen (secondary N) is 2. The zero-order valence-electron chi connectivity index (χ0n) is 11.3. The van der Waals surface area contributed by atoms with Gasteiger partial charge < -0.3 is 10.6 Å². The van der Waals surface area contributed by atoms with Crippen molar-refractivity contribution in [3.05, 3.63) is 30.3 Å². The minimum atomic E-state index is -0.558. The van der Waals surface area contributed by atoms with E-state index in [2.05, 4.69) is 10.6 Å². The van der Waals surface area contributed by atoms with Crippen LogP contribution in [0.25, 0.3) is 0 Å². The molecule has 1 atom stereocenters. The normalized spacial score (nSPS) is 12.7. The fourth-order valence-corrected chi connectivity index (χ4v) is 1.25. The Morgan fingerprint density at radius 3 is 2.17 bits per heavy atom. The summed E-state index contributed by atoms with van der Waals surface area (Å²) in [7, 11) is 0. The lowest BCUT2D eigenvalue weighted by Crippen LogP contribution is -2.46. The lowest BCUT2D eigenvalue weighted by atomic mass is 9.95. The number of carbonyl (C=O) groups excluding carboxylic acids is 2. The van der Waals surface area contributed by atoms with E-state index in [-0.39, 0.29) is 11.8 Å². The zero-order valence-corrected chi connectivity index (χ0v) is 11.3. The van der Waals surface area contributed by atoms with E-state index in [9.17, 15) is 9.59 Å². The van der Waals surface area contributed by atoms with Crippen LogP contribution in [0.2, 0.25) is 0 Å². The molecule has 2 amide bonds. The average molecular weight is 248 g/mol. The van der Waals surface area contributed by atoms with Gasteiger partial charge in [-0.2, -0.15) is 0 Å². The molecule has 98 valence electrons. The quantitative estimate of drug-likeness (QED) is 0.861. The number of anilines is 1. The van der Waals surface area contributed by atoms with E-state index in [4.69, 9.17) is 0 Å². The molecular weight excluding hydrogens is 228 g/mol. The summed E-state index contributed by atoms with van der Waals surface area (Å²) in [4.78, 5) is 23.6. The molecule has 0 bridgehead atoms. The van der Waals surface area contributed by atoms with Crippen molar-refractivity contribution < 1.29 is 9.59 Å². The molecule has 4 nitrogen and oxygen atoms in total. The summed E-state index contributed by atoms with van der Waals surface area (Å²) < 4.78 is 0. The Morgan fingerprint density at radius 1 is 1.11 bits per heavy atom. The number of rotatable bonds is 3. The van der Waals surface area contributed by atoms with Crippen LogP contribution < -0.4 is 10.6 Å². The molecule has 0 aromatic heterocycles. The van der Waals surface area contributed by atoms with Gasteiger partial charge in [-0.3, -0.25) is 9.59 Å². The minimum absolute atomic E-state index is 0.141. The van der Waals surface area contributed by atoms with Crippen LogP contribution in [0.5, 0.6) is 0 Å². The Bertz CT molecular complexity index is 421. The number of carbonyl (C=O) groups is 2. The molecule has 0 aliphatic carbocycles. The molecule has 0 spiro atoms. The van der Waals surface area contributed by atoms with E-state index >= 15 is 0 Å². The number of hydrogen-bond donors (Lipinski definition) is 2. The topological polar surface area (TPSA) is 58.2 Å². The van der Waals surface area contributed by atoms with Crippen molar-refractivity contribution in [2.45, 2.75) is 33.7 Å². The molecule has 1 aromatic rings. The third-order valence-electron chi connectivity index (χ3n) is 2.46. The second kappa shape index (κ2) is 5.67. The van der Waals surface area contributed by atoms with Crippen LogP contribution in [-0.2, 0) is 9.59 Å². The van der Waals surface area contributed by atoms with E-state index in [1.54, 1.807) is 19.1 Å². The molecule has 0 saturated heterocycles. The van der Waals surface area contributed by atoms with Gasteiger partial charge in [0.2, 0.25) is 11.8 Å². The maximum atomic E-state index is 11.8. The predicted molar refractivity (Wildman–Crippen MR) is 72.1 cm³/mol. The average Bonchev–Trinajstić information content (AvgIpc) is 2.28. The minimum Gasteiger partial charge on any atom is -0.344 e. The van der Waals surface area contributed by atoms with Crippen LogP contribution in [0.15, 0.2) is 30.3 Å². The van der Waals surface area contributed by atoms with Gasteiger partial charge in [0.25, 0.3) is 0 Å². The first kappa shape index (κ1) is 14.2. The fourth-order valence-electron chi connectivity index (χ4n) is 1.25. The van der Waals surface area contributed by atoms with E-state index in [0.717, 1.165) is 5.69 Å². The van der Waals surface area contributed by atoms with Crippen molar-refractivity contribution in [3.63, 3.8) is 0 Å². The first-order valence-electron chi connectivity index (χ1n) is 5.97. The maximum absolute atomic E-state index is 11.8. The molecule has 0 fully saturated rings. The van der Waals surface area contributed by atoms with Gasteiger partial charge in [-0.15, -0.1) is 0 Å². The Balaban J connectivity index is 2.55. The second-order valence-electron chi connectivity index (χ2n) is 5.30. The van der Waals surface area contributed by atoms with Crippen molar-refractivity contribution in [2.24, 2.45) is 5.41 Å². The summed E-state index contributed by atoms with van der Waals surface area (Å²) in [5.41, 5.74) is 0.223.